The van der Waals surface area contributed by atoms with Crippen LogP contribution in [0.5, 0.6) is 17.2 Å². The molecular formula is C21H18O4. The van der Waals surface area contributed by atoms with Gasteiger partial charge in [0.05, 0.1) is 0 Å². The van der Waals surface area contributed by atoms with Crippen LogP contribution in [0.15, 0.2) is 78.9 Å². The fourth-order valence-corrected chi connectivity index (χ4v) is 2.32. The molecule has 0 spiro atoms. The zero-order chi connectivity index (χ0) is 17.3. The first-order chi connectivity index (χ1) is 12.3. The molecule has 3 aromatic carbocycles. The van der Waals surface area contributed by atoms with E-state index in [1.807, 2.05) is 60.7 Å². The molecule has 0 N–H and O–H groups in total. The van der Waals surface area contributed by atoms with Crippen LogP contribution in [0.2, 0.25) is 0 Å². The fourth-order valence-electron chi connectivity index (χ4n) is 2.32. The first-order valence-electron chi connectivity index (χ1n) is 7.93. The summed E-state index contributed by atoms with van der Waals surface area (Å²) in [5.41, 5.74) is 2.10. The lowest BCUT2D eigenvalue weighted by Gasteiger charge is -2.13. The number of hydrogen-bond acceptors (Lipinski definition) is 4. The molecule has 0 unspecified atom stereocenters. The van der Waals surface area contributed by atoms with Crippen LogP contribution in [-0.4, -0.2) is 6.47 Å². The highest BCUT2D eigenvalue weighted by molar-refractivity contribution is 5.53. The molecule has 0 aliphatic rings. The van der Waals surface area contributed by atoms with Crippen LogP contribution >= 0.6 is 0 Å². The molecule has 0 aromatic heterocycles. The molecule has 25 heavy (non-hydrogen) atoms. The van der Waals surface area contributed by atoms with Crippen LogP contribution in [0.3, 0.4) is 0 Å². The fraction of sp³-hybridized carbons (Fsp3) is 0.0952. The summed E-state index contributed by atoms with van der Waals surface area (Å²) in [6, 6.07) is 24.8. The highest BCUT2D eigenvalue weighted by Gasteiger charge is 2.08. The summed E-state index contributed by atoms with van der Waals surface area (Å²) in [6.07, 6.45) is 0. The van der Waals surface area contributed by atoms with Crippen molar-refractivity contribution in [3.05, 3.63) is 90.0 Å². The van der Waals surface area contributed by atoms with Gasteiger partial charge in [-0.05, 0) is 23.3 Å². The van der Waals surface area contributed by atoms with E-state index in [0.717, 1.165) is 11.1 Å². The third-order valence-corrected chi connectivity index (χ3v) is 3.58. The maximum absolute atomic E-state index is 10.7. The number of ether oxygens (including phenoxy) is 3. The Morgan fingerprint density at radius 2 is 1.28 bits per heavy atom. The number of hydrogen-bond donors (Lipinski definition) is 0. The maximum atomic E-state index is 10.7. The van der Waals surface area contributed by atoms with Gasteiger partial charge in [0.25, 0.3) is 6.47 Å². The minimum Gasteiger partial charge on any atom is -0.489 e. The lowest BCUT2D eigenvalue weighted by atomic mass is 10.2. The Morgan fingerprint density at radius 3 is 1.88 bits per heavy atom. The number of carbonyl (C=O) groups is 1. The van der Waals surface area contributed by atoms with E-state index in [2.05, 4.69) is 0 Å². The molecule has 4 heteroatoms. The smallest absolute Gasteiger partial charge is 0.298 e. The van der Waals surface area contributed by atoms with Crippen LogP contribution in [0.1, 0.15) is 11.1 Å². The first-order valence-corrected chi connectivity index (χ1v) is 7.93. The molecular weight excluding hydrogens is 316 g/mol. The highest BCUT2D eigenvalue weighted by atomic mass is 16.5. The quantitative estimate of drug-likeness (QED) is 0.574. The summed E-state index contributed by atoms with van der Waals surface area (Å²) < 4.78 is 16.6. The van der Waals surface area contributed by atoms with Crippen molar-refractivity contribution in [3.63, 3.8) is 0 Å². The predicted molar refractivity (Wildman–Crippen MR) is 94.7 cm³/mol. The van der Waals surface area contributed by atoms with E-state index in [4.69, 9.17) is 14.2 Å². The summed E-state index contributed by atoms with van der Waals surface area (Å²) in [7, 11) is 0. The van der Waals surface area contributed by atoms with Gasteiger partial charge in [-0.3, -0.25) is 4.79 Å². The lowest BCUT2D eigenvalue weighted by Crippen LogP contribution is -2.00. The van der Waals surface area contributed by atoms with Gasteiger partial charge in [0.15, 0.2) is 11.5 Å². The van der Waals surface area contributed by atoms with Gasteiger partial charge >= 0.3 is 0 Å². The standard InChI is InChI=1S/C21H18O4/c22-16-25-20-12-11-19(23-14-17-7-3-1-4-8-17)13-21(20)24-15-18-9-5-2-6-10-18/h1-13,16H,14-15H2. The van der Waals surface area contributed by atoms with E-state index in [9.17, 15) is 4.79 Å². The molecule has 0 atom stereocenters. The molecule has 0 radical (unpaired) electrons. The van der Waals surface area contributed by atoms with Crippen molar-refractivity contribution in [2.24, 2.45) is 0 Å². The Morgan fingerprint density at radius 1 is 0.680 bits per heavy atom. The molecule has 3 aromatic rings. The highest BCUT2D eigenvalue weighted by Crippen LogP contribution is 2.32. The van der Waals surface area contributed by atoms with Crippen molar-refractivity contribution in [3.8, 4) is 17.2 Å². The Bertz CT molecular complexity index is 801. The molecule has 4 nitrogen and oxygen atoms in total. The molecule has 0 heterocycles. The average molecular weight is 334 g/mol. The van der Waals surface area contributed by atoms with Crippen molar-refractivity contribution in [2.45, 2.75) is 13.2 Å². The van der Waals surface area contributed by atoms with Crippen molar-refractivity contribution in [2.75, 3.05) is 0 Å². The summed E-state index contributed by atoms with van der Waals surface area (Å²) in [4.78, 5) is 10.7. The van der Waals surface area contributed by atoms with Crippen molar-refractivity contribution in [1.29, 1.82) is 0 Å². The van der Waals surface area contributed by atoms with Crippen LogP contribution in [0.4, 0.5) is 0 Å². The van der Waals surface area contributed by atoms with E-state index >= 15 is 0 Å². The molecule has 0 fully saturated rings. The normalized spacial score (nSPS) is 10.1. The van der Waals surface area contributed by atoms with Crippen LogP contribution in [0.25, 0.3) is 0 Å². The van der Waals surface area contributed by atoms with Gasteiger partial charge in [-0.15, -0.1) is 0 Å². The van der Waals surface area contributed by atoms with Gasteiger partial charge in [0, 0.05) is 6.07 Å². The predicted octanol–water partition coefficient (Wildman–Crippen LogP) is 4.38. The first kappa shape index (κ1) is 16.6. The van der Waals surface area contributed by atoms with E-state index in [0.29, 0.717) is 36.9 Å². The third-order valence-electron chi connectivity index (χ3n) is 3.58. The van der Waals surface area contributed by atoms with Gasteiger partial charge < -0.3 is 14.2 Å². The average Bonchev–Trinajstić information content (AvgIpc) is 2.68. The van der Waals surface area contributed by atoms with E-state index < -0.39 is 0 Å². The van der Waals surface area contributed by atoms with Gasteiger partial charge in [0.1, 0.15) is 19.0 Å². The Hall–Kier alpha value is -3.27. The van der Waals surface area contributed by atoms with Crippen LogP contribution in [0, 0.1) is 0 Å². The minimum atomic E-state index is 0.359. The van der Waals surface area contributed by atoms with Crippen molar-refractivity contribution < 1.29 is 19.0 Å². The van der Waals surface area contributed by atoms with Gasteiger partial charge in [-0.1, -0.05) is 60.7 Å². The maximum Gasteiger partial charge on any atom is 0.298 e. The molecule has 0 amide bonds. The molecule has 0 saturated carbocycles. The molecule has 0 aliphatic heterocycles. The molecule has 0 aliphatic carbocycles. The second kappa shape index (κ2) is 8.55. The summed E-state index contributed by atoms with van der Waals surface area (Å²) >= 11 is 0. The molecule has 0 saturated heterocycles. The lowest BCUT2D eigenvalue weighted by molar-refractivity contribution is -0.120. The van der Waals surface area contributed by atoms with Crippen LogP contribution < -0.4 is 14.2 Å². The number of rotatable bonds is 8. The largest absolute Gasteiger partial charge is 0.489 e. The Balaban J connectivity index is 1.71. The third kappa shape index (κ3) is 4.85. The zero-order valence-electron chi connectivity index (χ0n) is 13.6. The molecule has 3 rings (SSSR count). The Labute approximate surface area is 146 Å². The summed E-state index contributed by atoms with van der Waals surface area (Å²) in [5.74, 6) is 1.46. The van der Waals surface area contributed by atoms with E-state index in [1.54, 1.807) is 18.2 Å². The Kier molecular flexibility index (Phi) is 5.67. The minimum absolute atomic E-state index is 0.359. The summed E-state index contributed by atoms with van der Waals surface area (Å²) in [5, 5.41) is 0. The van der Waals surface area contributed by atoms with Gasteiger partial charge in [-0.25, -0.2) is 0 Å². The van der Waals surface area contributed by atoms with E-state index in [-0.39, 0.29) is 0 Å². The van der Waals surface area contributed by atoms with Gasteiger partial charge in [0.2, 0.25) is 0 Å². The second-order valence-corrected chi connectivity index (χ2v) is 5.37. The summed E-state index contributed by atoms with van der Waals surface area (Å²) in [6.45, 7) is 1.21. The van der Waals surface area contributed by atoms with E-state index in [1.165, 1.54) is 0 Å². The monoisotopic (exact) mass is 334 g/mol. The number of benzene rings is 3. The van der Waals surface area contributed by atoms with Crippen LogP contribution in [-0.2, 0) is 18.0 Å². The second-order valence-electron chi connectivity index (χ2n) is 5.37. The molecule has 0 bridgehead atoms. The number of carbonyl (C=O) groups excluding carboxylic acids is 1. The SMILES string of the molecule is O=COc1ccc(OCc2ccccc2)cc1OCc1ccccc1. The van der Waals surface area contributed by atoms with Gasteiger partial charge in [-0.2, -0.15) is 0 Å². The van der Waals surface area contributed by atoms with Crippen molar-refractivity contribution >= 4 is 6.47 Å². The van der Waals surface area contributed by atoms with Crippen molar-refractivity contribution in [1.82, 2.24) is 0 Å². The topological polar surface area (TPSA) is 44.8 Å². The zero-order valence-corrected chi connectivity index (χ0v) is 13.6. The molecule has 126 valence electrons.